The van der Waals surface area contributed by atoms with E-state index in [-0.39, 0.29) is 10.8 Å². The van der Waals surface area contributed by atoms with E-state index in [0.29, 0.717) is 17.0 Å². The second-order valence-electron chi connectivity index (χ2n) is 6.70. The SMILES string of the molecule is O=C(NC(c1ccccc1)c1ccco1)c1ccc(S(=O)(=O)Nc2ccncc2)cc1. The van der Waals surface area contributed by atoms with E-state index in [1.807, 2.05) is 30.3 Å². The lowest BCUT2D eigenvalue weighted by molar-refractivity contribution is 0.0939. The second kappa shape index (κ2) is 8.85. The fraction of sp³-hybridized carbons (Fsp3) is 0.0435. The predicted octanol–water partition coefficient (Wildman–Crippen LogP) is 3.99. The summed E-state index contributed by atoms with van der Waals surface area (Å²) in [4.78, 5) is 16.8. The molecule has 2 aromatic carbocycles. The van der Waals surface area contributed by atoms with Gasteiger partial charge in [0.05, 0.1) is 16.8 Å². The van der Waals surface area contributed by atoms with E-state index in [1.165, 1.54) is 36.7 Å². The summed E-state index contributed by atoms with van der Waals surface area (Å²) in [5, 5.41) is 2.95. The van der Waals surface area contributed by atoms with Crippen molar-refractivity contribution in [3.05, 3.63) is 114 Å². The Hall–Kier alpha value is -3.91. The van der Waals surface area contributed by atoms with Crippen LogP contribution < -0.4 is 10.0 Å². The van der Waals surface area contributed by atoms with Gasteiger partial charge in [0.15, 0.2) is 0 Å². The quantitative estimate of drug-likeness (QED) is 0.459. The average molecular weight is 433 g/mol. The molecular weight excluding hydrogens is 414 g/mol. The molecule has 2 aromatic heterocycles. The molecule has 0 spiro atoms. The summed E-state index contributed by atoms with van der Waals surface area (Å²) >= 11 is 0. The van der Waals surface area contributed by atoms with Crippen molar-refractivity contribution in [1.82, 2.24) is 10.3 Å². The van der Waals surface area contributed by atoms with E-state index in [1.54, 1.807) is 30.5 Å². The molecule has 8 heteroatoms. The van der Waals surface area contributed by atoms with Crippen molar-refractivity contribution in [2.45, 2.75) is 10.9 Å². The topological polar surface area (TPSA) is 101 Å². The minimum Gasteiger partial charge on any atom is -0.467 e. The molecule has 0 bridgehead atoms. The first-order chi connectivity index (χ1) is 15.0. The number of furan rings is 1. The second-order valence-corrected chi connectivity index (χ2v) is 8.38. The maximum atomic E-state index is 12.9. The van der Waals surface area contributed by atoms with Crippen molar-refractivity contribution < 1.29 is 17.6 Å². The predicted molar refractivity (Wildman–Crippen MR) is 116 cm³/mol. The molecule has 1 unspecified atom stereocenters. The Morgan fingerprint density at radius 2 is 1.58 bits per heavy atom. The van der Waals surface area contributed by atoms with Gasteiger partial charge in [-0.25, -0.2) is 8.42 Å². The number of carbonyl (C=O) groups is 1. The molecule has 1 atom stereocenters. The Labute approximate surface area is 179 Å². The van der Waals surface area contributed by atoms with Crippen LogP contribution in [-0.2, 0) is 10.0 Å². The number of hydrogen-bond donors (Lipinski definition) is 2. The van der Waals surface area contributed by atoms with Crippen molar-refractivity contribution in [1.29, 1.82) is 0 Å². The number of carbonyl (C=O) groups excluding carboxylic acids is 1. The number of nitrogens with zero attached hydrogens (tertiary/aromatic N) is 1. The molecule has 0 saturated heterocycles. The smallest absolute Gasteiger partial charge is 0.261 e. The lowest BCUT2D eigenvalue weighted by Gasteiger charge is -2.17. The summed E-state index contributed by atoms with van der Waals surface area (Å²) < 4.78 is 33.1. The third-order valence-corrected chi connectivity index (χ3v) is 5.99. The molecule has 0 radical (unpaired) electrons. The largest absolute Gasteiger partial charge is 0.467 e. The lowest BCUT2D eigenvalue weighted by Crippen LogP contribution is -2.29. The maximum absolute atomic E-state index is 12.9. The van der Waals surface area contributed by atoms with Gasteiger partial charge in [0.2, 0.25) is 0 Å². The molecule has 0 aliphatic heterocycles. The summed E-state index contributed by atoms with van der Waals surface area (Å²) in [7, 11) is -3.78. The van der Waals surface area contributed by atoms with Gasteiger partial charge in [-0.15, -0.1) is 0 Å². The van der Waals surface area contributed by atoms with Crippen LogP contribution in [-0.4, -0.2) is 19.3 Å². The third kappa shape index (κ3) is 4.81. The van der Waals surface area contributed by atoms with Gasteiger partial charge >= 0.3 is 0 Å². The first-order valence-corrected chi connectivity index (χ1v) is 10.9. The van der Waals surface area contributed by atoms with E-state index in [0.717, 1.165) is 5.56 Å². The number of rotatable bonds is 7. The number of nitrogens with one attached hydrogen (secondary N) is 2. The van der Waals surface area contributed by atoms with Crippen LogP contribution in [0.15, 0.2) is 107 Å². The Morgan fingerprint density at radius 1 is 0.871 bits per heavy atom. The van der Waals surface area contributed by atoms with Crippen LogP contribution in [0.5, 0.6) is 0 Å². The molecule has 4 aromatic rings. The monoisotopic (exact) mass is 433 g/mol. The maximum Gasteiger partial charge on any atom is 0.261 e. The van der Waals surface area contributed by atoms with E-state index in [2.05, 4.69) is 15.0 Å². The van der Waals surface area contributed by atoms with Crippen LogP contribution in [0, 0.1) is 0 Å². The molecule has 0 aliphatic carbocycles. The molecule has 0 saturated carbocycles. The van der Waals surface area contributed by atoms with Gasteiger partial charge in [0.1, 0.15) is 11.8 Å². The Morgan fingerprint density at radius 3 is 2.23 bits per heavy atom. The van der Waals surface area contributed by atoms with Gasteiger partial charge < -0.3 is 9.73 Å². The molecule has 0 fully saturated rings. The lowest BCUT2D eigenvalue weighted by atomic mass is 10.0. The zero-order valence-corrected chi connectivity index (χ0v) is 17.1. The summed E-state index contributed by atoms with van der Waals surface area (Å²) in [6, 6.07) is 21.4. The molecular formula is C23H19N3O4S. The summed E-state index contributed by atoms with van der Waals surface area (Å²) in [6.07, 6.45) is 4.54. The van der Waals surface area contributed by atoms with Crippen LogP contribution in [0.4, 0.5) is 5.69 Å². The molecule has 2 N–H and O–H groups in total. The van der Waals surface area contributed by atoms with Gasteiger partial charge in [0.25, 0.3) is 15.9 Å². The standard InChI is InChI=1S/C23H19N3O4S/c27-23(25-22(21-7-4-16-30-21)17-5-2-1-3-6-17)18-8-10-20(11-9-18)31(28,29)26-19-12-14-24-15-13-19/h1-16,22H,(H,24,26)(H,25,27). The zero-order valence-electron chi connectivity index (χ0n) is 16.3. The number of hydrogen-bond acceptors (Lipinski definition) is 5. The summed E-state index contributed by atoms with van der Waals surface area (Å²) in [5.41, 5.74) is 1.60. The fourth-order valence-electron chi connectivity index (χ4n) is 3.05. The van der Waals surface area contributed by atoms with Gasteiger partial charge in [-0.2, -0.15) is 0 Å². The highest BCUT2D eigenvalue weighted by atomic mass is 32.2. The van der Waals surface area contributed by atoms with E-state index < -0.39 is 16.1 Å². The van der Waals surface area contributed by atoms with Crippen molar-refractivity contribution in [2.24, 2.45) is 0 Å². The number of aromatic nitrogens is 1. The van der Waals surface area contributed by atoms with E-state index in [4.69, 9.17) is 4.42 Å². The molecule has 0 aliphatic rings. The van der Waals surface area contributed by atoms with Crippen LogP contribution in [0.1, 0.15) is 27.7 Å². The Kier molecular flexibility index (Phi) is 5.81. The van der Waals surface area contributed by atoms with Crippen LogP contribution in [0.25, 0.3) is 0 Å². The normalized spacial score (nSPS) is 12.1. The van der Waals surface area contributed by atoms with Crippen LogP contribution >= 0.6 is 0 Å². The minimum absolute atomic E-state index is 0.0477. The van der Waals surface area contributed by atoms with Gasteiger partial charge in [-0.3, -0.25) is 14.5 Å². The highest BCUT2D eigenvalue weighted by Gasteiger charge is 2.21. The number of pyridine rings is 1. The highest BCUT2D eigenvalue weighted by Crippen LogP contribution is 2.23. The fourth-order valence-corrected chi connectivity index (χ4v) is 4.11. The van der Waals surface area contributed by atoms with Gasteiger partial charge in [-0.05, 0) is 54.1 Å². The molecule has 1 amide bonds. The van der Waals surface area contributed by atoms with E-state index >= 15 is 0 Å². The summed E-state index contributed by atoms with van der Waals surface area (Å²) in [5.74, 6) is 0.247. The molecule has 2 heterocycles. The number of benzene rings is 2. The summed E-state index contributed by atoms with van der Waals surface area (Å²) in [6.45, 7) is 0. The van der Waals surface area contributed by atoms with Crippen molar-refractivity contribution in [3.8, 4) is 0 Å². The molecule has 156 valence electrons. The first kappa shape index (κ1) is 20.4. The molecule has 7 nitrogen and oxygen atoms in total. The third-order valence-electron chi connectivity index (χ3n) is 4.60. The van der Waals surface area contributed by atoms with Crippen molar-refractivity contribution >= 4 is 21.6 Å². The number of anilines is 1. The minimum atomic E-state index is -3.78. The molecule has 31 heavy (non-hydrogen) atoms. The Balaban J connectivity index is 1.52. The van der Waals surface area contributed by atoms with Crippen LogP contribution in [0.3, 0.4) is 0 Å². The van der Waals surface area contributed by atoms with E-state index in [9.17, 15) is 13.2 Å². The zero-order chi connectivity index (χ0) is 21.7. The van der Waals surface area contributed by atoms with Crippen molar-refractivity contribution in [3.63, 3.8) is 0 Å². The number of amides is 1. The number of sulfonamides is 1. The average Bonchev–Trinajstić information content (AvgIpc) is 3.33. The van der Waals surface area contributed by atoms with Crippen LogP contribution in [0.2, 0.25) is 0 Å². The highest BCUT2D eigenvalue weighted by molar-refractivity contribution is 7.92. The first-order valence-electron chi connectivity index (χ1n) is 9.45. The van der Waals surface area contributed by atoms with Crippen molar-refractivity contribution in [2.75, 3.05) is 4.72 Å². The Bertz CT molecular complexity index is 1240. The van der Waals surface area contributed by atoms with Gasteiger partial charge in [-0.1, -0.05) is 30.3 Å². The van der Waals surface area contributed by atoms with Gasteiger partial charge in [0, 0.05) is 18.0 Å². The molecule has 4 rings (SSSR count).